The lowest BCUT2D eigenvalue weighted by Crippen LogP contribution is -2.13. The number of halogens is 1. The highest BCUT2D eigenvalue weighted by molar-refractivity contribution is 9.10. The summed E-state index contributed by atoms with van der Waals surface area (Å²) in [4.78, 5) is 4.43. The van der Waals surface area contributed by atoms with E-state index in [1.54, 1.807) is 18.9 Å². The van der Waals surface area contributed by atoms with Crippen LogP contribution in [0.3, 0.4) is 0 Å². The number of hydrogen-bond donors (Lipinski definition) is 1. The highest BCUT2D eigenvalue weighted by atomic mass is 79.9. The molecule has 1 heterocycles. The van der Waals surface area contributed by atoms with E-state index in [0.717, 1.165) is 39.8 Å². The summed E-state index contributed by atoms with van der Waals surface area (Å²) < 4.78 is 6.21. The van der Waals surface area contributed by atoms with Gasteiger partial charge < -0.3 is 10.1 Å². The molecular weight excluding hydrogens is 288 g/mol. The third-order valence-electron chi connectivity index (χ3n) is 2.21. The summed E-state index contributed by atoms with van der Waals surface area (Å²) in [6.07, 6.45) is 1.16. The topological polar surface area (TPSA) is 33.6 Å². The average Bonchev–Trinajstić information content (AvgIpc) is 2.33. The number of nitrogens with one attached hydrogen (secondary N) is 1. The van der Waals surface area contributed by atoms with Crippen LogP contribution in [0.5, 0.6) is 5.75 Å². The van der Waals surface area contributed by atoms with Gasteiger partial charge in [-0.2, -0.15) is 0 Å². The zero-order valence-corrected chi connectivity index (χ0v) is 11.4. The number of amidine groups is 1. The molecular formula is C11H13BrN2OS. The van der Waals surface area contributed by atoms with E-state index in [4.69, 9.17) is 4.74 Å². The van der Waals surface area contributed by atoms with Crippen molar-refractivity contribution < 1.29 is 4.74 Å². The van der Waals surface area contributed by atoms with Crippen LogP contribution in [0, 0.1) is 0 Å². The Bertz CT molecular complexity index is 409. The lowest BCUT2D eigenvalue weighted by atomic mass is 10.3. The second-order valence-electron chi connectivity index (χ2n) is 3.36. The van der Waals surface area contributed by atoms with Crippen LogP contribution in [0.25, 0.3) is 0 Å². The quantitative estimate of drug-likeness (QED) is 0.909. The number of methoxy groups -OCH3 is 1. The fourth-order valence-electron chi connectivity index (χ4n) is 1.38. The Kier molecular flexibility index (Phi) is 4.12. The standard InChI is InChI=1S/C11H13BrN2OS/c1-15-8-3-4-9(12)10(7-8)14-11-13-5-2-6-16-11/h3-4,7H,2,5-6H2,1H3,(H,13,14). The van der Waals surface area contributed by atoms with Crippen molar-refractivity contribution in [1.29, 1.82) is 0 Å². The lowest BCUT2D eigenvalue weighted by Gasteiger charge is -2.14. The maximum absolute atomic E-state index is 5.19. The first-order valence-electron chi connectivity index (χ1n) is 5.07. The van der Waals surface area contributed by atoms with Gasteiger partial charge >= 0.3 is 0 Å². The lowest BCUT2D eigenvalue weighted by molar-refractivity contribution is 0.415. The second-order valence-corrected chi connectivity index (χ2v) is 5.30. The fourth-order valence-corrected chi connectivity index (χ4v) is 2.55. The van der Waals surface area contributed by atoms with Gasteiger partial charge in [0.1, 0.15) is 5.75 Å². The van der Waals surface area contributed by atoms with E-state index in [1.165, 1.54) is 0 Å². The predicted molar refractivity (Wildman–Crippen MR) is 73.7 cm³/mol. The smallest absolute Gasteiger partial charge is 0.161 e. The van der Waals surface area contributed by atoms with E-state index in [1.807, 2.05) is 18.2 Å². The molecule has 1 aromatic carbocycles. The summed E-state index contributed by atoms with van der Waals surface area (Å²) in [5.74, 6) is 1.97. The molecule has 0 saturated carbocycles. The molecule has 0 spiro atoms. The fraction of sp³-hybridized carbons (Fsp3) is 0.364. The molecule has 0 fully saturated rings. The molecule has 0 unspecified atom stereocenters. The molecule has 2 rings (SSSR count). The highest BCUT2D eigenvalue weighted by Gasteiger charge is 2.08. The molecule has 0 radical (unpaired) electrons. The van der Waals surface area contributed by atoms with Crippen LogP contribution >= 0.6 is 27.7 Å². The first kappa shape index (κ1) is 11.8. The van der Waals surface area contributed by atoms with Crippen LogP contribution in [0.2, 0.25) is 0 Å². The Morgan fingerprint density at radius 2 is 2.38 bits per heavy atom. The molecule has 1 N–H and O–H groups in total. The van der Waals surface area contributed by atoms with Crippen molar-refractivity contribution in [2.75, 3.05) is 24.7 Å². The third kappa shape index (κ3) is 2.92. The first-order valence-corrected chi connectivity index (χ1v) is 6.85. The summed E-state index contributed by atoms with van der Waals surface area (Å²) in [6.45, 7) is 0.914. The van der Waals surface area contributed by atoms with E-state index in [-0.39, 0.29) is 0 Å². The number of hydrogen-bond acceptors (Lipinski definition) is 4. The van der Waals surface area contributed by atoms with Crippen LogP contribution < -0.4 is 10.1 Å². The Morgan fingerprint density at radius 3 is 3.06 bits per heavy atom. The van der Waals surface area contributed by atoms with E-state index in [2.05, 4.69) is 26.2 Å². The monoisotopic (exact) mass is 300 g/mol. The minimum Gasteiger partial charge on any atom is -0.497 e. The molecule has 0 atom stereocenters. The summed E-state index contributed by atoms with van der Waals surface area (Å²) >= 11 is 5.26. The van der Waals surface area contributed by atoms with Gasteiger partial charge in [-0.15, -0.1) is 0 Å². The Balaban J connectivity index is 2.16. The number of ether oxygens (including phenoxy) is 1. The van der Waals surface area contributed by atoms with Crippen LogP contribution in [0.1, 0.15) is 6.42 Å². The SMILES string of the molecule is COc1ccc(Br)c(NC2=NCCCS2)c1. The summed E-state index contributed by atoms with van der Waals surface area (Å²) in [7, 11) is 1.67. The van der Waals surface area contributed by atoms with Gasteiger partial charge in [-0.3, -0.25) is 4.99 Å². The number of nitrogens with zero attached hydrogens (tertiary/aromatic N) is 1. The van der Waals surface area contributed by atoms with Crippen molar-refractivity contribution in [2.45, 2.75) is 6.42 Å². The van der Waals surface area contributed by atoms with Crippen molar-refractivity contribution in [1.82, 2.24) is 0 Å². The van der Waals surface area contributed by atoms with Crippen molar-refractivity contribution >= 4 is 38.5 Å². The average molecular weight is 301 g/mol. The van der Waals surface area contributed by atoms with Gasteiger partial charge in [0.25, 0.3) is 0 Å². The highest BCUT2D eigenvalue weighted by Crippen LogP contribution is 2.28. The summed E-state index contributed by atoms with van der Waals surface area (Å²) in [6, 6.07) is 5.85. The van der Waals surface area contributed by atoms with Gasteiger partial charge in [-0.1, -0.05) is 11.8 Å². The Morgan fingerprint density at radius 1 is 1.50 bits per heavy atom. The molecule has 1 aliphatic heterocycles. The molecule has 0 amide bonds. The molecule has 0 bridgehead atoms. The number of aliphatic imine (C=N–C) groups is 1. The molecule has 0 aromatic heterocycles. The van der Waals surface area contributed by atoms with E-state index < -0.39 is 0 Å². The molecule has 1 aromatic rings. The van der Waals surface area contributed by atoms with Crippen LogP contribution in [-0.4, -0.2) is 24.6 Å². The van der Waals surface area contributed by atoms with E-state index in [9.17, 15) is 0 Å². The summed E-state index contributed by atoms with van der Waals surface area (Å²) in [5.41, 5.74) is 0.993. The van der Waals surface area contributed by atoms with Crippen molar-refractivity contribution in [2.24, 2.45) is 4.99 Å². The van der Waals surface area contributed by atoms with Gasteiger partial charge in [0.05, 0.1) is 12.8 Å². The van der Waals surface area contributed by atoms with Crippen molar-refractivity contribution in [3.8, 4) is 5.75 Å². The Labute approximate surface area is 108 Å². The first-order chi connectivity index (χ1) is 7.79. The second kappa shape index (κ2) is 5.59. The molecule has 3 nitrogen and oxygen atoms in total. The molecule has 16 heavy (non-hydrogen) atoms. The zero-order chi connectivity index (χ0) is 11.4. The molecule has 5 heteroatoms. The molecule has 1 aliphatic rings. The van der Waals surface area contributed by atoms with E-state index >= 15 is 0 Å². The molecule has 86 valence electrons. The largest absolute Gasteiger partial charge is 0.497 e. The number of anilines is 1. The van der Waals surface area contributed by atoms with Crippen molar-refractivity contribution in [3.05, 3.63) is 22.7 Å². The van der Waals surface area contributed by atoms with Gasteiger partial charge in [-0.25, -0.2) is 0 Å². The van der Waals surface area contributed by atoms with Gasteiger partial charge in [0, 0.05) is 22.8 Å². The maximum Gasteiger partial charge on any atom is 0.161 e. The number of thioether (sulfide) groups is 1. The molecule has 0 saturated heterocycles. The van der Waals surface area contributed by atoms with Crippen LogP contribution in [0.4, 0.5) is 5.69 Å². The zero-order valence-electron chi connectivity index (χ0n) is 9.00. The van der Waals surface area contributed by atoms with Gasteiger partial charge in [-0.05, 0) is 34.5 Å². The van der Waals surface area contributed by atoms with Crippen LogP contribution in [-0.2, 0) is 0 Å². The third-order valence-corrected chi connectivity index (χ3v) is 3.90. The minimum atomic E-state index is 0.840. The summed E-state index contributed by atoms with van der Waals surface area (Å²) in [5, 5.41) is 4.30. The van der Waals surface area contributed by atoms with Gasteiger partial charge in [0.2, 0.25) is 0 Å². The number of benzene rings is 1. The number of rotatable bonds is 2. The van der Waals surface area contributed by atoms with E-state index in [0.29, 0.717) is 0 Å². The van der Waals surface area contributed by atoms with Crippen molar-refractivity contribution in [3.63, 3.8) is 0 Å². The predicted octanol–water partition coefficient (Wildman–Crippen LogP) is 3.36. The molecule has 0 aliphatic carbocycles. The van der Waals surface area contributed by atoms with Gasteiger partial charge in [0.15, 0.2) is 5.17 Å². The normalized spacial score (nSPS) is 15.5. The minimum absolute atomic E-state index is 0.840. The maximum atomic E-state index is 5.19. The Hall–Kier alpha value is -0.680. The van der Waals surface area contributed by atoms with Crippen LogP contribution in [0.15, 0.2) is 27.7 Å².